The Kier molecular flexibility index (Phi) is 4.05. The number of hydrazine groups is 1. The fourth-order valence-corrected chi connectivity index (χ4v) is 4.59. The number of nitrogens with zero attached hydrogens (tertiary/aromatic N) is 2. The first-order chi connectivity index (χ1) is 14.2. The van der Waals surface area contributed by atoms with E-state index >= 15 is 0 Å². The number of carbonyl (C=O) groups excluding carboxylic acids is 2. The average Bonchev–Trinajstić information content (AvgIpc) is 3.29. The van der Waals surface area contributed by atoms with Crippen LogP contribution in [0.25, 0.3) is 5.57 Å². The van der Waals surface area contributed by atoms with Crippen LogP contribution in [0.4, 0.5) is 4.79 Å². The van der Waals surface area contributed by atoms with Crippen LogP contribution in [0, 0.1) is 0 Å². The van der Waals surface area contributed by atoms with E-state index in [1.807, 2.05) is 0 Å². The molecule has 4 atom stereocenters. The summed E-state index contributed by atoms with van der Waals surface area (Å²) in [5.74, 6) is -0.357. The first-order valence-corrected chi connectivity index (χ1v) is 9.70. The van der Waals surface area contributed by atoms with Gasteiger partial charge >= 0.3 is 6.03 Å². The molecule has 10 nitrogen and oxygen atoms in total. The topological polar surface area (TPSA) is 110 Å². The summed E-state index contributed by atoms with van der Waals surface area (Å²) in [4.78, 5) is 26.0. The minimum atomic E-state index is -0.949. The molecular weight excluding hydrogens is 394 g/mol. The molecule has 1 aliphatic carbocycles. The monoisotopic (exact) mass is 417 g/mol. The van der Waals surface area contributed by atoms with Gasteiger partial charge in [-0.15, -0.1) is 0 Å². The summed E-state index contributed by atoms with van der Waals surface area (Å²) in [6.45, 7) is 3.57. The molecule has 3 aliphatic heterocycles. The number of nitrogens with one attached hydrogen (secondary N) is 1. The third kappa shape index (κ3) is 2.60. The molecule has 1 aromatic carbocycles. The number of urea groups is 1. The van der Waals surface area contributed by atoms with Gasteiger partial charge in [-0.1, -0.05) is 0 Å². The average molecular weight is 417 g/mol. The Morgan fingerprint density at radius 1 is 1.20 bits per heavy atom. The van der Waals surface area contributed by atoms with Crippen molar-refractivity contribution in [3.05, 3.63) is 29.3 Å². The Morgan fingerprint density at radius 3 is 2.50 bits per heavy atom. The summed E-state index contributed by atoms with van der Waals surface area (Å²) in [6.07, 6.45) is -0.640. The number of hydrogen-bond acceptors (Lipinski definition) is 7. The molecule has 1 aromatic rings. The molecular formula is C20H23N3O7. The number of ether oxygens (including phenoxy) is 4. The molecule has 30 heavy (non-hydrogen) atoms. The summed E-state index contributed by atoms with van der Waals surface area (Å²) >= 11 is 0. The number of aliphatic hydroxyl groups excluding tert-OH is 1. The number of rotatable bonds is 1. The maximum Gasteiger partial charge on any atom is 0.335 e. The third-order valence-corrected chi connectivity index (χ3v) is 5.84. The zero-order chi connectivity index (χ0) is 21.4. The molecule has 0 spiro atoms. The second-order valence-electron chi connectivity index (χ2n) is 8.10. The van der Waals surface area contributed by atoms with E-state index in [1.54, 1.807) is 32.1 Å². The third-order valence-electron chi connectivity index (χ3n) is 5.84. The Morgan fingerprint density at radius 2 is 1.83 bits per heavy atom. The van der Waals surface area contributed by atoms with E-state index in [9.17, 15) is 14.7 Å². The predicted molar refractivity (Wildman–Crippen MR) is 103 cm³/mol. The Labute approximate surface area is 172 Å². The molecule has 0 radical (unpaired) electrons. The van der Waals surface area contributed by atoms with Crippen molar-refractivity contribution < 1.29 is 33.6 Å². The lowest BCUT2D eigenvalue weighted by atomic mass is 9.79. The summed E-state index contributed by atoms with van der Waals surface area (Å²) < 4.78 is 22.9. The van der Waals surface area contributed by atoms with Crippen molar-refractivity contribution in [2.45, 2.75) is 44.0 Å². The molecule has 2 N–H and O–H groups in total. The molecule has 0 saturated carbocycles. The molecule has 160 valence electrons. The number of aliphatic hydroxyl groups is 1. The molecule has 0 unspecified atom stereocenters. The first kappa shape index (κ1) is 19.2. The van der Waals surface area contributed by atoms with E-state index < -0.39 is 36.2 Å². The summed E-state index contributed by atoms with van der Waals surface area (Å²) in [7, 11) is 3.00. The fourth-order valence-electron chi connectivity index (χ4n) is 4.59. The van der Waals surface area contributed by atoms with Gasteiger partial charge in [0.15, 0.2) is 17.3 Å². The highest BCUT2D eigenvalue weighted by Gasteiger charge is 2.57. The molecule has 0 bridgehead atoms. The standard InChI is InChI=1S/C20H23N3O7/c1-20(2)29-16-12(24)5-10-9-6-13-14(28-8-27-13)7-11(9)18(25)23(15(10)17(16)30-20)22(4)19(26)21-3/h5-7,12,15-17,24H,8H2,1-4H3,(H,21,26)/t12-,15+,16+,17-/m0/s1. The zero-order valence-electron chi connectivity index (χ0n) is 17.0. The van der Waals surface area contributed by atoms with Gasteiger partial charge in [-0.25, -0.2) is 14.8 Å². The summed E-state index contributed by atoms with van der Waals surface area (Å²) in [5.41, 5.74) is 1.62. The lowest BCUT2D eigenvalue weighted by molar-refractivity contribution is -0.155. The molecule has 3 amide bonds. The van der Waals surface area contributed by atoms with Crippen LogP contribution in [-0.2, 0) is 9.47 Å². The largest absolute Gasteiger partial charge is 0.454 e. The smallest absolute Gasteiger partial charge is 0.335 e. The summed E-state index contributed by atoms with van der Waals surface area (Å²) in [6, 6.07) is 2.20. The molecule has 10 heteroatoms. The van der Waals surface area contributed by atoms with Gasteiger partial charge in [-0.05, 0) is 43.2 Å². The van der Waals surface area contributed by atoms with Crippen LogP contribution in [0.15, 0.2) is 18.2 Å². The maximum absolute atomic E-state index is 13.6. The number of carbonyl (C=O) groups is 2. The van der Waals surface area contributed by atoms with E-state index in [0.717, 1.165) is 0 Å². The molecule has 4 aliphatic rings. The van der Waals surface area contributed by atoms with Gasteiger partial charge in [-0.2, -0.15) is 0 Å². The van der Waals surface area contributed by atoms with Gasteiger partial charge in [-0.3, -0.25) is 4.79 Å². The van der Waals surface area contributed by atoms with E-state index in [4.69, 9.17) is 18.9 Å². The lowest BCUT2D eigenvalue weighted by Gasteiger charge is -2.47. The Bertz CT molecular complexity index is 975. The van der Waals surface area contributed by atoms with Gasteiger partial charge in [0, 0.05) is 14.1 Å². The molecule has 1 saturated heterocycles. The number of benzene rings is 1. The van der Waals surface area contributed by atoms with E-state index in [0.29, 0.717) is 28.2 Å². The van der Waals surface area contributed by atoms with Crippen molar-refractivity contribution >= 4 is 17.5 Å². The second-order valence-corrected chi connectivity index (χ2v) is 8.10. The van der Waals surface area contributed by atoms with Crippen LogP contribution in [0.5, 0.6) is 11.5 Å². The van der Waals surface area contributed by atoms with Gasteiger partial charge in [0.2, 0.25) is 6.79 Å². The van der Waals surface area contributed by atoms with Crippen molar-refractivity contribution in [2.75, 3.05) is 20.9 Å². The van der Waals surface area contributed by atoms with Gasteiger partial charge in [0.05, 0.1) is 5.56 Å². The van der Waals surface area contributed by atoms with E-state index in [1.165, 1.54) is 24.1 Å². The van der Waals surface area contributed by atoms with Crippen molar-refractivity contribution in [3.63, 3.8) is 0 Å². The van der Waals surface area contributed by atoms with Crippen molar-refractivity contribution in [1.82, 2.24) is 15.3 Å². The van der Waals surface area contributed by atoms with Crippen LogP contribution < -0.4 is 14.8 Å². The second kappa shape index (κ2) is 6.34. The quantitative estimate of drug-likeness (QED) is 0.692. The maximum atomic E-state index is 13.6. The van der Waals surface area contributed by atoms with Crippen LogP contribution in [0.2, 0.25) is 0 Å². The minimum absolute atomic E-state index is 0.0647. The first-order valence-electron chi connectivity index (χ1n) is 9.70. The van der Waals surface area contributed by atoms with Crippen LogP contribution in [0.1, 0.15) is 29.8 Å². The number of fused-ring (bicyclic) bond motifs is 6. The summed E-state index contributed by atoms with van der Waals surface area (Å²) in [5, 5.41) is 15.9. The number of hydrogen-bond donors (Lipinski definition) is 2. The highest BCUT2D eigenvalue weighted by atomic mass is 16.8. The van der Waals surface area contributed by atoms with Gasteiger partial charge in [0.1, 0.15) is 24.4 Å². The van der Waals surface area contributed by atoms with Crippen molar-refractivity contribution in [2.24, 2.45) is 0 Å². The Balaban J connectivity index is 1.70. The SMILES string of the molecule is CNC(=O)N(C)N1C(=O)c2cc3c(cc2C2=C[C@H](O)[C@H]4OC(C)(C)O[C@H]4[C@@H]21)OCO3. The number of amides is 3. The molecule has 0 aromatic heterocycles. The normalized spacial score (nSPS) is 30.2. The highest BCUT2D eigenvalue weighted by molar-refractivity contribution is 6.05. The molecule has 5 rings (SSSR count). The zero-order valence-corrected chi connectivity index (χ0v) is 17.0. The van der Waals surface area contributed by atoms with Crippen molar-refractivity contribution in [3.8, 4) is 11.5 Å². The van der Waals surface area contributed by atoms with Gasteiger partial charge in [0.25, 0.3) is 5.91 Å². The van der Waals surface area contributed by atoms with E-state index in [-0.39, 0.29) is 12.7 Å². The van der Waals surface area contributed by atoms with E-state index in [2.05, 4.69) is 5.32 Å². The Hall–Kier alpha value is -2.82. The lowest BCUT2D eigenvalue weighted by Crippen LogP contribution is -2.64. The molecule has 1 fully saturated rings. The fraction of sp³-hybridized carbons (Fsp3) is 0.500. The molecule has 3 heterocycles. The van der Waals surface area contributed by atoms with Crippen LogP contribution >= 0.6 is 0 Å². The van der Waals surface area contributed by atoms with Gasteiger partial charge < -0.3 is 29.4 Å². The van der Waals surface area contributed by atoms with Crippen LogP contribution in [0.3, 0.4) is 0 Å². The predicted octanol–water partition coefficient (Wildman–Crippen LogP) is 0.704. The van der Waals surface area contributed by atoms with Crippen LogP contribution in [-0.4, -0.2) is 78.1 Å². The highest BCUT2D eigenvalue weighted by Crippen LogP contribution is 2.48. The minimum Gasteiger partial charge on any atom is -0.454 e. The van der Waals surface area contributed by atoms with Crippen molar-refractivity contribution in [1.29, 1.82) is 0 Å².